The molecule has 166 valence electrons. The van der Waals surface area contributed by atoms with Gasteiger partial charge in [0.2, 0.25) is 5.91 Å². The molecule has 3 amide bonds. The quantitative estimate of drug-likeness (QED) is 0.533. The number of furan rings is 1. The number of para-hydroxylation sites is 1. The van der Waals surface area contributed by atoms with Gasteiger partial charge in [-0.1, -0.05) is 25.1 Å². The molecule has 0 radical (unpaired) electrons. The number of hydrogen-bond acceptors (Lipinski definition) is 5. The summed E-state index contributed by atoms with van der Waals surface area (Å²) in [7, 11) is 0. The highest BCUT2D eigenvalue weighted by molar-refractivity contribution is 8.18. The Morgan fingerprint density at radius 3 is 2.69 bits per heavy atom. The van der Waals surface area contributed by atoms with Crippen LogP contribution in [0.3, 0.4) is 0 Å². The minimum Gasteiger partial charge on any atom is -0.467 e. The van der Waals surface area contributed by atoms with E-state index in [-0.39, 0.29) is 29.6 Å². The fraction of sp³-hybridized carbons (Fsp3) is 0.292. The van der Waals surface area contributed by atoms with Gasteiger partial charge in [-0.05, 0) is 55.8 Å². The van der Waals surface area contributed by atoms with Crippen molar-refractivity contribution in [3.63, 3.8) is 0 Å². The molecule has 1 aromatic carbocycles. The Morgan fingerprint density at radius 2 is 2.03 bits per heavy atom. The van der Waals surface area contributed by atoms with Crippen molar-refractivity contribution in [2.45, 2.75) is 46.3 Å². The second-order valence-electron chi connectivity index (χ2n) is 7.88. The van der Waals surface area contributed by atoms with E-state index in [0.717, 1.165) is 40.2 Å². The zero-order valence-electron chi connectivity index (χ0n) is 18.3. The Balaban J connectivity index is 1.66. The molecule has 1 N–H and O–H groups in total. The van der Waals surface area contributed by atoms with E-state index in [2.05, 4.69) is 12.2 Å². The summed E-state index contributed by atoms with van der Waals surface area (Å²) in [5, 5.41) is 3.56. The lowest BCUT2D eigenvalue weighted by molar-refractivity contribution is -0.124. The van der Waals surface area contributed by atoms with Crippen molar-refractivity contribution >= 4 is 45.8 Å². The number of hydrogen-bond donors (Lipinski definition) is 1. The molecule has 1 aliphatic heterocycles. The standard InChI is InChI=1S/C24H25N3O4S/c1-4-16-7-5-9-19-17(11-20-23(29)27(15(2)3)24(30)32-20)13-26(22(16)19)14-21(28)25-12-18-8-6-10-31-18/h5-11,13,15H,4,12,14H2,1-3H3,(H,25,28)/b20-11-. The van der Waals surface area contributed by atoms with Gasteiger partial charge >= 0.3 is 0 Å². The number of nitrogens with zero attached hydrogens (tertiary/aromatic N) is 2. The smallest absolute Gasteiger partial charge is 0.293 e. The number of rotatable bonds is 7. The molecule has 3 aromatic rings. The van der Waals surface area contributed by atoms with E-state index in [0.29, 0.717) is 17.2 Å². The first-order chi connectivity index (χ1) is 15.4. The largest absolute Gasteiger partial charge is 0.467 e. The molecule has 8 heteroatoms. The van der Waals surface area contributed by atoms with E-state index in [9.17, 15) is 14.4 Å². The third kappa shape index (κ3) is 4.23. The van der Waals surface area contributed by atoms with Crippen molar-refractivity contribution in [3.05, 3.63) is 64.6 Å². The molecule has 0 aliphatic carbocycles. The second kappa shape index (κ2) is 9.08. The average molecular weight is 452 g/mol. The van der Waals surface area contributed by atoms with Gasteiger partial charge in [-0.3, -0.25) is 19.3 Å². The van der Waals surface area contributed by atoms with Gasteiger partial charge in [-0.2, -0.15) is 0 Å². The lowest BCUT2D eigenvalue weighted by Gasteiger charge is -2.16. The van der Waals surface area contributed by atoms with E-state index in [1.54, 1.807) is 18.4 Å². The third-order valence-electron chi connectivity index (χ3n) is 5.37. The average Bonchev–Trinajstić information content (AvgIpc) is 3.46. The van der Waals surface area contributed by atoms with Crippen LogP contribution < -0.4 is 5.32 Å². The summed E-state index contributed by atoms with van der Waals surface area (Å²) < 4.78 is 7.18. The zero-order valence-corrected chi connectivity index (χ0v) is 19.1. The summed E-state index contributed by atoms with van der Waals surface area (Å²) in [5.41, 5.74) is 2.87. The molecule has 3 heterocycles. The number of nitrogens with one attached hydrogen (secondary N) is 1. The minimum absolute atomic E-state index is 0.134. The molecule has 32 heavy (non-hydrogen) atoms. The fourth-order valence-corrected chi connectivity index (χ4v) is 4.82. The molecule has 1 aliphatic rings. The Hall–Kier alpha value is -3.26. The Kier molecular flexibility index (Phi) is 6.23. The lowest BCUT2D eigenvalue weighted by atomic mass is 10.1. The van der Waals surface area contributed by atoms with Crippen LogP contribution in [0.1, 0.15) is 37.7 Å². The van der Waals surface area contributed by atoms with Crippen LogP contribution >= 0.6 is 11.8 Å². The topological polar surface area (TPSA) is 84.5 Å². The summed E-state index contributed by atoms with van der Waals surface area (Å²) in [6.45, 7) is 6.16. The monoisotopic (exact) mass is 451 g/mol. The Morgan fingerprint density at radius 1 is 1.22 bits per heavy atom. The van der Waals surface area contributed by atoms with Crippen LogP contribution in [0, 0.1) is 0 Å². The first-order valence-corrected chi connectivity index (χ1v) is 11.4. The second-order valence-corrected chi connectivity index (χ2v) is 8.87. The number of thioether (sulfide) groups is 1. The summed E-state index contributed by atoms with van der Waals surface area (Å²) >= 11 is 0.953. The normalized spacial score (nSPS) is 15.5. The summed E-state index contributed by atoms with van der Waals surface area (Å²) in [6, 6.07) is 9.38. The van der Waals surface area contributed by atoms with Crippen LogP contribution in [-0.2, 0) is 29.1 Å². The molecule has 0 atom stereocenters. The molecule has 0 spiro atoms. The first-order valence-electron chi connectivity index (χ1n) is 10.6. The number of benzene rings is 1. The highest BCUT2D eigenvalue weighted by Gasteiger charge is 2.36. The van der Waals surface area contributed by atoms with E-state index in [4.69, 9.17) is 4.42 Å². The number of fused-ring (bicyclic) bond motifs is 1. The molecular formula is C24H25N3O4S. The SMILES string of the molecule is CCc1cccc2c(/C=C3\SC(=O)N(C(C)C)C3=O)cn(CC(=O)NCc3ccco3)c12. The van der Waals surface area contributed by atoms with Crippen LogP contribution in [-0.4, -0.2) is 32.6 Å². The van der Waals surface area contributed by atoms with E-state index in [1.807, 2.05) is 48.9 Å². The van der Waals surface area contributed by atoms with E-state index >= 15 is 0 Å². The molecule has 4 rings (SSSR count). The van der Waals surface area contributed by atoms with Crippen molar-refractivity contribution in [2.75, 3.05) is 0 Å². The Bertz CT molecular complexity index is 1210. The maximum atomic E-state index is 12.7. The van der Waals surface area contributed by atoms with Gasteiger partial charge in [0.25, 0.3) is 11.1 Å². The third-order valence-corrected chi connectivity index (χ3v) is 6.26. The molecule has 7 nitrogen and oxygen atoms in total. The molecule has 0 saturated carbocycles. The first kappa shape index (κ1) is 22.0. The Labute approximate surface area is 190 Å². The van der Waals surface area contributed by atoms with Crippen LogP contribution in [0.2, 0.25) is 0 Å². The summed E-state index contributed by atoms with van der Waals surface area (Å²) in [5.74, 6) is 0.265. The predicted octanol–water partition coefficient (Wildman–Crippen LogP) is 4.56. The van der Waals surface area contributed by atoms with Crippen molar-refractivity contribution < 1.29 is 18.8 Å². The van der Waals surface area contributed by atoms with Gasteiger partial charge in [0.1, 0.15) is 12.3 Å². The van der Waals surface area contributed by atoms with Crippen LogP contribution in [0.15, 0.2) is 52.1 Å². The fourth-order valence-electron chi connectivity index (χ4n) is 3.87. The van der Waals surface area contributed by atoms with Gasteiger partial charge in [-0.25, -0.2) is 0 Å². The number of aryl methyl sites for hydroxylation is 1. The maximum Gasteiger partial charge on any atom is 0.293 e. The lowest BCUT2D eigenvalue weighted by Crippen LogP contribution is -2.34. The molecule has 0 bridgehead atoms. The highest BCUT2D eigenvalue weighted by Crippen LogP contribution is 2.35. The van der Waals surface area contributed by atoms with Crippen molar-refractivity contribution in [1.82, 2.24) is 14.8 Å². The number of imide groups is 1. The van der Waals surface area contributed by atoms with Crippen molar-refractivity contribution in [3.8, 4) is 0 Å². The van der Waals surface area contributed by atoms with Crippen LogP contribution in [0.4, 0.5) is 4.79 Å². The van der Waals surface area contributed by atoms with E-state index < -0.39 is 0 Å². The summed E-state index contributed by atoms with van der Waals surface area (Å²) in [6.07, 6.45) is 6.01. The molecular weight excluding hydrogens is 426 g/mol. The maximum absolute atomic E-state index is 12.7. The number of carbonyl (C=O) groups is 3. The van der Waals surface area contributed by atoms with Gasteiger partial charge < -0.3 is 14.3 Å². The van der Waals surface area contributed by atoms with Gasteiger partial charge in [-0.15, -0.1) is 0 Å². The predicted molar refractivity (Wildman–Crippen MR) is 125 cm³/mol. The molecule has 2 aromatic heterocycles. The van der Waals surface area contributed by atoms with Crippen LogP contribution in [0.5, 0.6) is 0 Å². The van der Waals surface area contributed by atoms with Gasteiger partial charge in [0, 0.05) is 23.2 Å². The number of amides is 3. The number of aromatic nitrogens is 1. The summed E-state index contributed by atoms with van der Waals surface area (Å²) in [4.78, 5) is 39.3. The molecule has 0 unspecified atom stereocenters. The molecule has 1 saturated heterocycles. The molecule has 1 fully saturated rings. The van der Waals surface area contributed by atoms with Crippen molar-refractivity contribution in [2.24, 2.45) is 0 Å². The van der Waals surface area contributed by atoms with Crippen molar-refractivity contribution in [1.29, 1.82) is 0 Å². The highest BCUT2D eigenvalue weighted by atomic mass is 32.2. The zero-order chi connectivity index (χ0) is 22.8. The minimum atomic E-state index is -0.279. The number of carbonyl (C=O) groups excluding carboxylic acids is 3. The van der Waals surface area contributed by atoms with Gasteiger partial charge in [0.15, 0.2) is 0 Å². The van der Waals surface area contributed by atoms with Crippen LogP contribution in [0.25, 0.3) is 17.0 Å². The van der Waals surface area contributed by atoms with Gasteiger partial charge in [0.05, 0.1) is 23.2 Å². The van der Waals surface area contributed by atoms with E-state index in [1.165, 1.54) is 4.90 Å².